The zero-order valence-corrected chi connectivity index (χ0v) is 12.3. The Balaban J connectivity index is 2.50. The minimum atomic E-state index is 0.0521. The van der Waals surface area contributed by atoms with Crippen LogP contribution in [0.3, 0.4) is 0 Å². The second kappa shape index (κ2) is 9.69. The van der Waals surface area contributed by atoms with Gasteiger partial charge in [-0.25, -0.2) is 0 Å². The molecule has 20 heavy (non-hydrogen) atoms. The predicted molar refractivity (Wildman–Crippen MR) is 81.5 cm³/mol. The minimum Gasteiger partial charge on any atom is -0.395 e. The molecule has 2 N–H and O–H groups in total. The van der Waals surface area contributed by atoms with Gasteiger partial charge in [-0.2, -0.15) is 0 Å². The number of nitrogens with one attached hydrogen (secondary N) is 1. The first kappa shape index (κ1) is 16.9. The molecule has 0 aromatic heterocycles. The lowest BCUT2D eigenvalue weighted by Gasteiger charge is -2.27. The Morgan fingerprint density at radius 2 is 2.05 bits per heavy atom. The Kier molecular flexibility index (Phi) is 8.18. The third kappa shape index (κ3) is 5.86. The molecule has 1 aliphatic rings. The Labute approximate surface area is 121 Å². The molecule has 0 aromatic carbocycles. The molecule has 5 heteroatoms. The second-order valence-corrected chi connectivity index (χ2v) is 5.13. The van der Waals surface area contributed by atoms with Gasteiger partial charge in [0.1, 0.15) is 0 Å². The van der Waals surface area contributed by atoms with Crippen LogP contribution >= 0.6 is 0 Å². The van der Waals surface area contributed by atoms with Crippen LogP contribution in [-0.2, 0) is 4.79 Å². The highest BCUT2D eigenvalue weighted by atomic mass is 16.3. The standard InChI is InChI=1S/C15H27N3O2/c1-3-8-18(9-4-2)15(20)13-17(10-11-19)12-14-6-5-7-16-14/h3-4,14,16,19H,1-2,5-13H2. The van der Waals surface area contributed by atoms with Crippen LogP contribution in [0.25, 0.3) is 0 Å². The summed E-state index contributed by atoms with van der Waals surface area (Å²) in [5.74, 6) is 0.0521. The van der Waals surface area contributed by atoms with E-state index in [0.717, 1.165) is 19.5 Å². The Bertz CT molecular complexity index is 304. The summed E-state index contributed by atoms with van der Waals surface area (Å²) in [4.78, 5) is 16.0. The summed E-state index contributed by atoms with van der Waals surface area (Å²) in [5, 5.41) is 12.6. The zero-order valence-electron chi connectivity index (χ0n) is 12.3. The van der Waals surface area contributed by atoms with Crippen molar-refractivity contribution in [2.45, 2.75) is 18.9 Å². The van der Waals surface area contributed by atoms with E-state index in [1.54, 1.807) is 17.1 Å². The smallest absolute Gasteiger partial charge is 0.237 e. The van der Waals surface area contributed by atoms with Crippen molar-refractivity contribution in [2.24, 2.45) is 0 Å². The molecule has 1 amide bonds. The molecular formula is C15H27N3O2. The van der Waals surface area contributed by atoms with Gasteiger partial charge in [0.2, 0.25) is 5.91 Å². The minimum absolute atomic E-state index is 0.0521. The lowest BCUT2D eigenvalue weighted by Crippen LogP contribution is -2.45. The maximum absolute atomic E-state index is 12.3. The average molecular weight is 281 g/mol. The second-order valence-electron chi connectivity index (χ2n) is 5.13. The summed E-state index contributed by atoms with van der Waals surface area (Å²) >= 11 is 0. The number of carbonyl (C=O) groups excluding carboxylic acids is 1. The number of aliphatic hydroxyl groups is 1. The third-order valence-corrected chi connectivity index (χ3v) is 3.47. The first-order chi connectivity index (χ1) is 9.71. The fourth-order valence-electron chi connectivity index (χ4n) is 2.48. The number of hydrogen-bond acceptors (Lipinski definition) is 4. The van der Waals surface area contributed by atoms with Crippen molar-refractivity contribution < 1.29 is 9.90 Å². The largest absolute Gasteiger partial charge is 0.395 e. The fourth-order valence-corrected chi connectivity index (χ4v) is 2.48. The molecule has 1 fully saturated rings. The fraction of sp³-hybridized carbons (Fsp3) is 0.667. The van der Waals surface area contributed by atoms with Gasteiger partial charge in [-0.05, 0) is 19.4 Å². The molecule has 5 nitrogen and oxygen atoms in total. The molecule has 0 bridgehead atoms. The van der Waals surface area contributed by atoms with E-state index in [0.29, 0.717) is 32.2 Å². The number of carbonyl (C=O) groups is 1. The number of hydrogen-bond donors (Lipinski definition) is 2. The summed E-state index contributed by atoms with van der Waals surface area (Å²) in [6, 6.07) is 0.432. The van der Waals surface area contributed by atoms with Gasteiger partial charge in [0.25, 0.3) is 0 Å². The summed E-state index contributed by atoms with van der Waals surface area (Å²) in [5.41, 5.74) is 0. The maximum atomic E-state index is 12.3. The van der Waals surface area contributed by atoms with Crippen LogP contribution in [0.1, 0.15) is 12.8 Å². The van der Waals surface area contributed by atoms with Crippen molar-refractivity contribution in [3.05, 3.63) is 25.3 Å². The zero-order chi connectivity index (χ0) is 14.8. The number of amides is 1. The first-order valence-electron chi connectivity index (χ1n) is 7.27. The number of nitrogens with zero attached hydrogens (tertiary/aromatic N) is 2. The predicted octanol–water partition coefficient (Wildman–Crippen LogP) is 0.233. The van der Waals surface area contributed by atoms with Gasteiger partial charge in [-0.1, -0.05) is 12.2 Å². The van der Waals surface area contributed by atoms with Crippen molar-refractivity contribution in [1.29, 1.82) is 0 Å². The highest BCUT2D eigenvalue weighted by Crippen LogP contribution is 2.07. The van der Waals surface area contributed by atoms with Crippen molar-refractivity contribution >= 4 is 5.91 Å². The van der Waals surface area contributed by atoms with Crippen molar-refractivity contribution in [3.8, 4) is 0 Å². The van der Waals surface area contributed by atoms with Crippen molar-refractivity contribution in [2.75, 3.05) is 45.9 Å². The SMILES string of the molecule is C=CCN(CC=C)C(=O)CN(CCO)CC1CCCN1. The van der Waals surface area contributed by atoms with E-state index < -0.39 is 0 Å². The molecular weight excluding hydrogens is 254 g/mol. The van der Waals surface area contributed by atoms with Crippen molar-refractivity contribution in [1.82, 2.24) is 15.1 Å². The third-order valence-electron chi connectivity index (χ3n) is 3.47. The van der Waals surface area contributed by atoms with E-state index >= 15 is 0 Å². The molecule has 1 rings (SSSR count). The van der Waals surface area contributed by atoms with Crippen LogP contribution < -0.4 is 5.32 Å². The molecule has 1 atom stereocenters. The van der Waals surface area contributed by atoms with E-state index in [2.05, 4.69) is 18.5 Å². The van der Waals surface area contributed by atoms with Crippen LogP contribution in [0.5, 0.6) is 0 Å². The van der Waals surface area contributed by atoms with Crippen LogP contribution in [-0.4, -0.2) is 72.7 Å². The van der Waals surface area contributed by atoms with E-state index in [4.69, 9.17) is 5.11 Å². The highest BCUT2D eigenvalue weighted by Gasteiger charge is 2.21. The highest BCUT2D eigenvalue weighted by molar-refractivity contribution is 5.78. The van der Waals surface area contributed by atoms with Gasteiger partial charge < -0.3 is 15.3 Å². The molecule has 1 heterocycles. The van der Waals surface area contributed by atoms with Crippen LogP contribution in [0.15, 0.2) is 25.3 Å². The lowest BCUT2D eigenvalue weighted by molar-refractivity contribution is -0.131. The molecule has 114 valence electrons. The normalized spacial score (nSPS) is 18.2. The van der Waals surface area contributed by atoms with E-state index in [9.17, 15) is 4.79 Å². The molecule has 0 saturated carbocycles. The van der Waals surface area contributed by atoms with Gasteiger partial charge in [0.05, 0.1) is 13.2 Å². The van der Waals surface area contributed by atoms with Crippen molar-refractivity contribution in [3.63, 3.8) is 0 Å². The van der Waals surface area contributed by atoms with Gasteiger partial charge in [-0.15, -0.1) is 13.2 Å². The molecule has 0 aliphatic carbocycles. The number of aliphatic hydroxyl groups excluding tert-OH is 1. The number of rotatable bonds is 10. The Hall–Kier alpha value is -1.17. The Morgan fingerprint density at radius 1 is 1.35 bits per heavy atom. The van der Waals surface area contributed by atoms with Crippen LogP contribution in [0.2, 0.25) is 0 Å². The topological polar surface area (TPSA) is 55.8 Å². The molecule has 0 aromatic rings. The van der Waals surface area contributed by atoms with E-state index in [1.807, 2.05) is 4.90 Å². The van der Waals surface area contributed by atoms with E-state index in [-0.39, 0.29) is 12.5 Å². The van der Waals surface area contributed by atoms with Crippen LogP contribution in [0.4, 0.5) is 0 Å². The average Bonchev–Trinajstić information content (AvgIpc) is 2.91. The molecule has 0 spiro atoms. The quantitative estimate of drug-likeness (QED) is 0.563. The summed E-state index contributed by atoms with van der Waals surface area (Å²) < 4.78 is 0. The molecule has 1 saturated heterocycles. The molecule has 0 radical (unpaired) electrons. The summed E-state index contributed by atoms with van der Waals surface area (Å²) in [6.45, 7) is 11.2. The first-order valence-corrected chi connectivity index (χ1v) is 7.27. The van der Waals surface area contributed by atoms with Gasteiger partial charge >= 0.3 is 0 Å². The van der Waals surface area contributed by atoms with Gasteiger partial charge in [0.15, 0.2) is 0 Å². The molecule has 1 unspecified atom stereocenters. The summed E-state index contributed by atoms with van der Waals surface area (Å²) in [6.07, 6.45) is 5.76. The Morgan fingerprint density at radius 3 is 2.55 bits per heavy atom. The van der Waals surface area contributed by atoms with Crippen LogP contribution in [0, 0.1) is 0 Å². The lowest BCUT2D eigenvalue weighted by atomic mass is 10.2. The van der Waals surface area contributed by atoms with Gasteiger partial charge in [0, 0.05) is 32.2 Å². The summed E-state index contributed by atoms with van der Waals surface area (Å²) in [7, 11) is 0. The van der Waals surface area contributed by atoms with Gasteiger partial charge in [-0.3, -0.25) is 9.69 Å². The maximum Gasteiger partial charge on any atom is 0.237 e. The monoisotopic (exact) mass is 281 g/mol. The molecule has 1 aliphatic heterocycles. The van der Waals surface area contributed by atoms with E-state index in [1.165, 1.54) is 6.42 Å².